The number of ketones is 1. The first-order valence-corrected chi connectivity index (χ1v) is 9.77. The summed E-state index contributed by atoms with van der Waals surface area (Å²) in [6.45, 7) is 5.05. The molecule has 0 aromatic carbocycles. The van der Waals surface area contributed by atoms with E-state index >= 15 is 0 Å². The zero-order valence-electron chi connectivity index (χ0n) is 15.1. The van der Waals surface area contributed by atoms with Gasteiger partial charge in [0, 0.05) is 31.6 Å². The summed E-state index contributed by atoms with van der Waals surface area (Å²) < 4.78 is 15.4. The maximum absolute atomic E-state index is 12.1. The number of likely N-dealkylation sites (N-methyl/N-ethyl adjacent to an activating group) is 1. The highest BCUT2D eigenvalue weighted by Crippen LogP contribution is 2.30. The molecular weight excluding hydrogens is 346 g/mol. The van der Waals surface area contributed by atoms with Crippen LogP contribution < -0.4 is 0 Å². The number of esters is 1. The van der Waals surface area contributed by atoms with Gasteiger partial charge in [0.25, 0.3) is 0 Å². The molecule has 1 saturated carbocycles. The molecule has 0 bridgehead atoms. The second-order valence-corrected chi connectivity index (χ2v) is 8.06. The fraction of sp³-hybridized carbons (Fsp3) is 0.824. The van der Waals surface area contributed by atoms with E-state index in [4.69, 9.17) is 14.2 Å². The normalized spacial score (nSPS) is 23.3. The number of Topliss-reactive ketones (excluding diaryl/α,β-unsaturated/α-hetero) is 1. The molecule has 1 aliphatic heterocycles. The molecule has 2 atom stereocenters. The van der Waals surface area contributed by atoms with Gasteiger partial charge in [0.2, 0.25) is 6.29 Å². The van der Waals surface area contributed by atoms with Crippen molar-refractivity contribution >= 4 is 29.6 Å². The van der Waals surface area contributed by atoms with Crippen molar-refractivity contribution in [2.75, 3.05) is 31.8 Å². The summed E-state index contributed by atoms with van der Waals surface area (Å²) >= 11 is 1.48. The van der Waals surface area contributed by atoms with E-state index in [2.05, 4.69) is 6.92 Å². The first-order valence-electron chi connectivity index (χ1n) is 8.62. The van der Waals surface area contributed by atoms with Crippen LogP contribution in [0.3, 0.4) is 0 Å². The number of amides is 1. The van der Waals surface area contributed by atoms with Crippen LogP contribution >= 0.6 is 11.8 Å². The van der Waals surface area contributed by atoms with Crippen molar-refractivity contribution in [3.8, 4) is 0 Å². The molecular formula is C17H27NO6S. The van der Waals surface area contributed by atoms with Crippen LogP contribution in [0.2, 0.25) is 0 Å². The highest BCUT2D eigenvalue weighted by atomic mass is 32.2. The zero-order chi connectivity index (χ0) is 18.4. The first-order chi connectivity index (χ1) is 11.8. The van der Waals surface area contributed by atoms with Gasteiger partial charge in [0.05, 0.1) is 25.0 Å². The summed E-state index contributed by atoms with van der Waals surface area (Å²) in [5, 5.41) is 0. The molecule has 0 N–H and O–H groups in total. The molecule has 7 nitrogen and oxygen atoms in total. The van der Waals surface area contributed by atoms with Crippen molar-refractivity contribution in [3.63, 3.8) is 0 Å². The Labute approximate surface area is 152 Å². The minimum atomic E-state index is -0.982. The van der Waals surface area contributed by atoms with E-state index in [-0.39, 0.29) is 17.0 Å². The topological polar surface area (TPSA) is 82.1 Å². The average molecular weight is 373 g/mol. The Morgan fingerprint density at radius 3 is 2.68 bits per heavy atom. The number of thioether (sulfide) groups is 1. The molecule has 2 unspecified atom stereocenters. The van der Waals surface area contributed by atoms with E-state index in [1.807, 2.05) is 0 Å². The summed E-state index contributed by atoms with van der Waals surface area (Å²) in [5.41, 5.74) is 0.137. The van der Waals surface area contributed by atoms with Gasteiger partial charge in [-0.1, -0.05) is 13.3 Å². The number of nitrogens with zero attached hydrogens (tertiary/aromatic N) is 1. The SMILES string of the molecule is CC(OC(=O)CSCC1(C)COC1)OC(=O)N(C)C1CCCCC1=O. The van der Waals surface area contributed by atoms with Crippen LogP contribution in [-0.2, 0) is 23.8 Å². The molecule has 1 aliphatic carbocycles. The average Bonchev–Trinajstić information content (AvgIpc) is 2.52. The number of hydrogen-bond donors (Lipinski definition) is 0. The Morgan fingerprint density at radius 1 is 1.36 bits per heavy atom. The third kappa shape index (κ3) is 5.88. The van der Waals surface area contributed by atoms with Gasteiger partial charge in [-0.05, 0) is 12.8 Å². The van der Waals surface area contributed by atoms with Crippen molar-refractivity contribution in [2.45, 2.75) is 51.9 Å². The highest BCUT2D eigenvalue weighted by Gasteiger charge is 2.33. The predicted octanol–water partition coefficient (Wildman–Crippen LogP) is 2.23. The number of rotatable bonds is 7. The van der Waals surface area contributed by atoms with E-state index in [1.54, 1.807) is 7.05 Å². The molecule has 142 valence electrons. The molecule has 8 heteroatoms. The quantitative estimate of drug-likeness (QED) is 0.500. The Balaban J connectivity index is 1.67. The van der Waals surface area contributed by atoms with Gasteiger partial charge in [0.1, 0.15) is 0 Å². The molecule has 2 fully saturated rings. The smallest absolute Gasteiger partial charge is 0.413 e. The standard InChI is InChI=1S/C17H27NO6S/c1-12(23-15(20)8-25-11-17(2)9-22-10-17)24-16(21)18(3)13-6-4-5-7-14(13)19/h12-13H,4-11H2,1-3H3. The van der Waals surface area contributed by atoms with Gasteiger partial charge in [0.15, 0.2) is 5.78 Å². The van der Waals surface area contributed by atoms with E-state index in [9.17, 15) is 14.4 Å². The second kappa shape index (κ2) is 8.89. The lowest BCUT2D eigenvalue weighted by Gasteiger charge is -2.37. The van der Waals surface area contributed by atoms with Gasteiger partial charge in [-0.2, -0.15) is 0 Å². The summed E-state index contributed by atoms with van der Waals surface area (Å²) in [6.07, 6.45) is 1.30. The second-order valence-electron chi connectivity index (χ2n) is 7.08. The van der Waals surface area contributed by atoms with Crippen LogP contribution in [0.4, 0.5) is 4.79 Å². The number of ether oxygens (including phenoxy) is 3. The van der Waals surface area contributed by atoms with Gasteiger partial charge < -0.3 is 19.1 Å². The third-order valence-electron chi connectivity index (χ3n) is 4.41. The summed E-state index contributed by atoms with van der Waals surface area (Å²) in [5.74, 6) is 0.655. The molecule has 2 rings (SSSR count). The van der Waals surface area contributed by atoms with Gasteiger partial charge >= 0.3 is 12.1 Å². The summed E-state index contributed by atoms with van der Waals surface area (Å²) in [4.78, 5) is 37.1. The van der Waals surface area contributed by atoms with Crippen LogP contribution in [0.5, 0.6) is 0 Å². The van der Waals surface area contributed by atoms with E-state index in [0.717, 1.165) is 31.8 Å². The molecule has 0 spiro atoms. The Morgan fingerprint density at radius 2 is 2.08 bits per heavy atom. The van der Waals surface area contributed by atoms with Crippen molar-refractivity contribution in [3.05, 3.63) is 0 Å². The predicted molar refractivity (Wildman–Crippen MR) is 93.3 cm³/mol. The van der Waals surface area contributed by atoms with Crippen LogP contribution in [0.1, 0.15) is 39.5 Å². The number of hydrogen-bond acceptors (Lipinski definition) is 7. The summed E-state index contributed by atoms with van der Waals surface area (Å²) in [6, 6.07) is -0.440. The molecule has 0 aromatic heterocycles. The van der Waals surface area contributed by atoms with E-state index < -0.39 is 24.4 Å². The lowest BCUT2D eigenvalue weighted by Crippen LogP contribution is -2.45. The Kier molecular flexibility index (Phi) is 7.13. The zero-order valence-corrected chi connectivity index (χ0v) is 15.9. The highest BCUT2D eigenvalue weighted by molar-refractivity contribution is 7.99. The maximum atomic E-state index is 12.1. The minimum absolute atomic E-state index is 0.0558. The lowest BCUT2D eigenvalue weighted by atomic mass is 9.92. The van der Waals surface area contributed by atoms with E-state index in [1.165, 1.54) is 23.6 Å². The Hall–Kier alpha value is -1.28. The van der Waals surface area contributed by atoms with Crippen LogP contribution in [-0.4, -0.2) is 66.8 Å². The largest absolute Gasteiger partial charge is 0.425 e. The van der Waals surface area contributed by atoms with Crippen molar-refractivity contribution < 1.29 is 28.6 Å². The fourth-order valence-corrected chi connectivity index (χ4v) is 3.88. The molecule has 1 amide bonds. The van der Waals surface area contributed by atoms with Crippen molar-refractivity contribution in [1.82, 2.24) is 4.90 Å². The fourth-order valence-electron chi connectivity index (χ4n) is 2.88. The van der Waals surface area contributed by atoms with Crippen molar-refractivity contribution in [2.24, 2.45) is 5.41 Å². The van der Waals surface area contributed by atoms with Crippen LogP contribution in [0.25, 0.3) is 0 Å². The minimum Gasteiger partial charge on any atom is -0.425 e. The maximum Gasteiger partial charge on any atom is 0.413 e. The molecule has 0 aromatic rings. The van der Waals surface area contributed by atoms with Gasteiger partial charge in [-0.25, -0.2) is 4.79 Å². The van der Waals surface area contributed by atoms with Crippen LogP contribution in [0.15, 0.2) is 0 Å². The molecule has 25 heavy (non-hydrogen) atoms. The van der Waals surface area contributed by atoms with Crippen LogP contribution in [0, 0.1) is 5.41 Å². The summed E-state index contributed by atoms with van der Waals surface area (Å²) in [7, 11) is 1.54. The number of carbonyl (C=O) groups is 3. The van der Waals surface area contributed by atoms with Gasteiger partial charge in [-0.15, -0.1) is 11.8 Å². The van der Waals surface area contributed by atoms with E-state index in [0.29, 0.717) is 12.8 Å². The van der Waals surface area contributed by atoms with Gasteiger partial charge in [-0.3, -0.25) is 9.59 Å². The molecule has 2 aliphatic rings. The molecule has 1 saturated heterocycles. The first kappa shape index (κ1) is 20.0. The monoisotopic (exact) mass is 373 g/mol. The Bertz CT molecular complexity index is 507. The lowest BCUT2D eigenvalue weighted by molar-refractivity contribution is -0.163. The third-order valence-corrected chi connectivity index (χ3v) is 5.75. The van der Waals surface area contributed by atoms with Crippen molar-refractivity contribution in [1.29, 1.82) is 0 Å². The molecule has 0 radical (unpaired) electrons. The molecule has 1 heterocycles. The number of carbonyl (C=O) groups excluding carboxylic acids is 3.